The second kappa shape index (κ2) is 6.56. The molecule has 0 atom stereocenters. The molecule has 1 saturated carbocycles. The summed E-state index contributed by atoms with van der Waals surface area (Å²) in [7, 11) is 0. The molecule has 0 spiro atoms. The van der Waals surface area contributed by atoms with Crippen LogP contribution < -0.4 is 4.74 Å². The minimum Gasteiger partial charge on any atom is -0.456 e. The van der Waals surface area contributed by atoms with Crippen molar-refractivity contribution >= 4 is 17.0 Å². The minimum absolute atomic E-state index is 0.296. The molecule has 1 aromatic heterocycles. The Morgan fingerprint density at radius 2 is 1.96 bits per heavy atom. The van der Waals surface area contributed by atoms with Crippen molar-refractivity contribution in [2.24, 2.45) is 0 Å². The van der Waals surface area contributed by atoms with Crippen LogP contribution >= 0.6 is 0 Å². The van der Waals surface area contributed by atoms with Crippen LogP contribution in [0.25, 0.3) is 17.0 Å². The Morgan fingerprint density at radius 1 is 1.19 bits per heavy atom. The fourth-order valence-electron chi connectivity index (χ4n) is 3.37. The SMILES string of the molecule is C=Cc1c(C2CC2)nc2ccc(F)cc2c1Oc1ccccc1C(C)C. The largest absolute Gasteiger partial charge is 0.456 e. The van der Waals surface area contributed by atoms with E-state index in [0.717, 1.165) is 40.9 Å². The summed E-state index contributed by atoms with van der Waals surface area (Å²) in [5.74, 6) is 1.92. The highest BCUT2D eigenvalue weighted by molar-refractivity contribution is 5.90. The number of fused-ring (bicyclic) bond motifs is 1. The van der Waals surface area contributed by atoms with Gasteiger partial charge in [-0.1, -0.05) is 44.7 Å². The molecule has 1 fully saturated rings. The summed E-state index contributed by atoms with van der Waals surface area (Å²) in [4.78, 5) is 4.79. The molecule has 0 unspecified atom stereocenters. The predicted molar refractivity (Wildman–Crippen MR) is 104 cm³/mol. The predicted octanol–water partition coefficient (Wildman–Crippen LogP) is 6.81. The number of hydrogen-bond donors (Lipinski definition) is 0. The van der Waals surface area contributed by atoms with Gasteiger partial charge in [0, 0.05) is 16.9 Å². The van der Waals surface area contributed by atoms with E-state index in [2.05, 4.69) is 26.5 Å². The Morgan fingerprint density at radius 3 is 2.65 bits per heavy atom. The van der Waals surface area contributed by atoms with E-state index in [1.807, 2.05) is 18.2 Å². The van der Waals surface area contributed by atoms with Gasteiger partial charge in [0.05, 0.1) is 11.2 Å². The molecule has 3 aromatic rings. The van der Waals surface area contributed by atoms with Crippen LogP contribution in [0.5, 0.6) is 11.5 Å². The van der Waals surface area contributed by atoms with Crippen LogP contribution in [0.1, 0.15) is 55.3 Å². The summed E-state index contributed by atoms with van der Waals surface area (Å²) in [6.45, 7) is 8.25. The monoisotopic (exact) mass is 347 g/mol. The van der Waals surface area contributed by atoms with Crippen molar-refractivity contribution in [2.75, 3.05) is 0 Å². The van der Waals surface area contributed by atoms with Gasteiger partial charge < -0.3 is 4.74 Å². The third-order valence-corrected chi connectivity index (χ3v) is 4.89. The number of hydrogen-bond acceptors (Lipinski definition) is 2. The normalized spacial score (nSPS) is 14.0. The molecule has 0 bridgehead atoms. The Balaban J connectivity index is 1.95. The van der Waals surface area contributed by atoms with E-state index in [9.17, 15) is 4.39 Å². The second-order valence-corrected chi connectivity index (χ2v) is 7.17. The van der Waals surface area contributed by atoms with Crippen molar-refractivity contribution in [1.29, 1.82) is 0 Å². The first-order valence-electron chi connectivity index (χ1n) is 9.11. The van der Waals surface area contributed by atoms with Crippen molar-refractivity contribution in [1.82, 2.24) is 4.98 Å². The van der Waals surface area contributed by atoms with Gasteiger partial charge in [0.2, 0.25) is 0 Å². The van der Waals surface area contributed by atoms with Gasteiger partial charge in [0.25, 0.3) is 0 Å². The maximum Gasteiger partial charge on any atom is 0.145 e. The van der Waals surface area contributed by atoms with Crippen LogP contribution in [0.3, 0.4) is 0 Å². The maximum absolute atomic E-state index is 14.0. The summed E-state index contributed by atoms with van der Waals surface area (Å²) in [6.07, 6.45) is 4.05. The topological polar surface area (TPSA) is 22.1 Å². The molecule has 132 valence electrons. The van der Waals surface area contributed by atoms with E-state index in [0.29, 0.717) is 23.0 Å². The second-order valence-electron chi connectivity index (χ2n) is 7.17. The number of ether oxygens (including phenoxy) is 1. The molecule has 0 radical (unpaired) electrons. The lowest BCUT2D eigenvalue weighted by atomic mass is 10.0. The third-order valence-electron chi connectivity index (χ3n) is 4.89. The van der Waals surface area contributed by atoms with Gasteiger partial charge >= 0.3 is 0 Å². The smallest absolute Gasteiger partial charge is 0.145 e. The summed E-state index contributed by atoms with van der Waals surface area (Å²) in [5.41, 5.74) is 3.77. The van der Waals surface area contributed by atoms with Crippen molar-refractivity contribution in [3.63, 3.8) is 0 Å². The molecule has 1 aliphatic rings. The van der Waals surface area contributed by atoms with Crippen LogP contribution in [0.2, 0.25) is 0 Å². The van der Waals surface area contributed by atoms with Gasteiger partial charge in [0.15, 0.2) is 0 Å². The van der Waals surface area contributed by atoms with E-state index in [-0.39, 0.29) is 5.82 Å². The number of halogens is 1. The lowest BCUT2D eigenvalue weighted by Gasteiger charge is -2.18. The third kappa shape index (κ3) is 2.98. The van der Waals surface area contributed by atoms with E-state index in [1.165, 1.54) is 12.1 Å². The van der Waals surface area contributed by atoms with Gasteiger partial charge in [-0.15, -0.1) is 0 Å². The molecule has 3 heteroatoms. The van der Waals surface area contributed by atoms with Gasteiger partial charge in [-0.25, -0.2) is 4.39 Å². The standard InChI is InChI=1S/C23H22FNO/c1-4-17-22(15-9-10-15)25-20-12-11-16(24)13-19(20)23(17)26-21-8-6-5-7-18(21)14(2)3/h4-8,11-15H,1,9-10H2,2-3H3. The number of rotatable bonds is 5. The van der Waals surface area contributed by atoms with Crippen LogP contribution in [0.4, 0.5) is 4.39 Å². The molecule has 2 aromatic carbocycles. The Bertz CT molecular complexity index is 989. The van der Waals surface area contributed by atoms with E-state index in [1.54, 1.807) is 12.1 Å². The number of benzene rings is 2. The molecule has 0 saturated heterocycles. The summed E-state index contributed by atoms with van der Waals surface area (Å²) in [5, 5.41) is 0.683. The molecule has 1 aliphatic carbocycles. The first-order valence-corrected chi connectivity index (χ1v) is 9.11. The Hall–Kier alpha value is -2.68. The van der Waals surface area contributed by atoms with Gasteiger partial charge in [-0.2, -0.15) is 0 Å². The number of pyridine rings is 1. The van der Waals surface area contributed by atoms with Gasteiger partial charge in [0.1, 0.15) is 17.3 Å². The highest BCUT2D eigenvalue weighted by Gasteiger charge is 2.30. The van der Waals surface area contributed by atoms with Crippen molar-refractivity contribution < 1.29 is 9.13 Å². The zero-order valence-corrected chi connectivity index (χ0v) is 15.1. The Kier molecular flexibility index (Phi) is 4.23. The summed E-state index contributed by atoms with van der Waals surface area (Å²) in [6, 6.07) is 12.7. The van der Waals surface area contributed by atoms with Crippen LogP contribution in [-0.4, -0.2) is 4.98 Å². The van der Waals surface area contributed by atoms with Crippen molar-refractivity contribution in [3.8, 4) is 11.5 Å². The van der Waals surface area contributed by atoms with Crippen molar-refractivity contribution in [2.45, 2.75) is 38.5 Å². The molecule has 26 heavy (non-hydrogen) atoms. The Labute approximate surface area is 153 Å². The average molecular weight is 347 g/mol. The molecule has 2 nitrogen and oxygen atoms in total. The lowest BCUT2D eigenvalue weighted by molar-refractivity contribution is 0.476. The van der Waals surface area contributed by atoms with Gasteiger partial charge in [-0.05, 0) is 48.6 Å². The molecular weight excluding hydrogens is 325 g/mol. The van der Waals surface area contributed by atoms with Crippen LogP contribution in [0.15, 0.2) is 49.0 Å². The maximum atomic E-state index is 14.0. The molecule has 0 N–H and O–H groups in total. The van der Waals surface area contributed by atoms with Gasteiger partial charge in [-0.3, -0.25) is 4.98 Å². The highest BCUT2D eigenvalue weighted by atomic mass is 19.1. The number of nitrogens with zero attached hydrogens (tertiary/aromatic N) is 1. The molecule has 4 rings (SSSR count). The van der Waals surface area contributed by atoms with E-state index >= 15 is 0 Å². The fourth-order valence-corrected chi connectivity index (χ4v) is 3.37. The lowest BCUT2D eigenvalue weighted by Crippen LogP contribution is -2.00. The number of para-hydroxylation sites is 1. The minimum atomic E-state index is -0.296. The molecule has 1 heterocycles. The summed E-state index contributed by atoms with van der Waals surface area (Å²) < 4.78 is 20.4. The fraction of sp³-hybridized carbons (Fsp3) is 0.261. The van der Waals surface area contributed by atoms with E-state index in [4.69, 9.17) is 9.72 Å². The number of aromatic nitrogens is 1. The molecule has 0 amide bonds. The molecule has 0 aliphatic heterocycles. The zero-order valence-electron chi connectivity index (χ0n) is 15.1. The summed E-state index contributed by atoms with van der Waals surface area (Å²) >= 11 is 0. The average Bonchev–Trinajstić information content (AvgIpc) is 3.47. The zero-order chi connectivity index (χ0) is 18.3. The molecular formula is C23H22FNO. The van der Waals surface area contributed by atoms with Crippen LogP contribution in [-0.2, 0) is 0 Å². The quantitative estimate of drug-likeness (QED) is 0.506. The highest BCUT2D eigenvalue weighted by Crippen LogP contribution is 2.46. The first-order chi connectivity index (χ1) is 12.6. The first kappa shape index (κ1) is 16.8. The van der Waals surface area contributed by atoms with Crippen molar-refractivity contribution in [3.05, 3.63) is 71.7 Å². The van der Waals surface area contributed by atoms with Crippen LogP contribution in [0, 0.1) is 5.82 Å². The van der Waals surface area contributed by atoms with E-state index < -0.39 is 0 Å².